The molecule has 0 spiro atoms. The molecule has 0 saturated carbocycles. The molecule has 1 fully saturated rings. The quantitative estimate of drug-likeness (QED) is 0.430. The number of ether oxygens (including phenoxy) is 1. The summed E-state index contributed by atoms with van der Waals surface area (Å²) >= 11 is 0. The molecule has 0 radical (unpaired) electrons. The average molecular weight is 517 g/mol. The van der Waals surface area contributed by atoms with Crippen LogP contribution in [0.25, 0.3) is 0 Å². The van der Waals surface area contributed by atoms with Crippen LogP contribution in [-0.2, 0) is 14.4 Å². The number of aliphatic hydroxyl groups is 1. The van der Waals surface area contributed by atoms with Crippen molar-refractivity contribution in [3.05, 3.63) is 29.8 Å². The maximum atomic E-state index is 13.4. The second-order valence-corrected chi connectivity index (χ2v) is 10.9. The SMILES string of the molecule is CC(C)C[C@H]1COc2ccccc2C(=O)N[C@@H](CCC(=O)N2CC(O)C2)C(=O)N[C@@H](CC(C)C)C(=O)N1. The summed E-state index contributed by atoms with van der Waals surface area (Å²) in [5, 5.41) is 18.1. The summed E-state index contributed by atoms with van der Waals surface area (Å²) in [5.41, 5.74) is 0.269. The maximum Gasteiger partial charge on any atom is 0.255 e. The van der Waals surface area contributed by atoms with Gasteiger partial charge in [0.2, 0.25) is 17.7 Å². The molecule has 0 bridgehead atoms. The number of carbonyl (C=O) groups is 4. The van der Waals surface area contributed by atoms with E-state index >= 15 is 0 Å². The van der Waals surface area contributed by atoms with Gasteiger partial charge in [-0.1, -0.05) is 39.8 Å². The molecule has 4 N–H and O–H groups in total. The third-order valence-corrected chi connectivity index (χ3v) is 6.50. The highest BCUT2D eigenvalue weighted by Gasteiger charge is 2.33. The number of amides is 4. The highest BCUT2D eigenvalue weighted by molar-refractivity contribution is 6.00. The van der Waals surface area contributed by atoms with Gasteiger partial charge >= 0.3 is 0 Å². The van der Waals surface area contributed by atoms with Gasteiger partial charge in [-0.05, 0) is 43.2 Å². The number of para-hydroxylation sites is 1. The Bertz CT molecular complexity index is 975. The van der Waals surface area contributed by atoms with Gasteiger partial charge in [0, 0.05) is 19.5 Å². The van der Waals surface area contributed by atoms with Crippen LogP contribution in [0.5, 0.6) is 5.75 Å². The van der Waals surface area contributed by atoms with Gasteiger partial charge in [-0.3, -0.25) is 19.2 Å². The number of benzene rings is 1. The van der Waals surface area contributed by atoms with Crippen LogP contribution in [0, 0.1) is 11.8 Å². The lowest BCUT2D eigenvalue weighted by molar-refractivity contribution is -0.141. The fourth-order valence-corrected chi connectivity index (χ4v) is 4.57. The van der Waals surface area contributed by atoms with Crippen LogP contribution in [0.1, 0.15) is 63.7 Å². The number of carbonyl (C=O) groups excluding carboxylic acids is 4. The Hall–Kier alpha value is -3.14. The fourth-order valence-electron chi connectivity index (χ4n) is 4.57. The van der Waals surface area contributed by atoms with E-state index in [0.29, 0.717) is 18.6 Å². The molecule has 1 aromatic rings. The van der Waals surface area contributed by atoms with E-state index in [9.17, 15) is 24.3 Å². The number of aliphatic hydroxyl groups excluding tert-OH is 1. The molecule has 2 aliphatic rings. The molecular weight excluding hydrogens is 476 g/mol. The predicted molar refractivity (Wildman–Crippen MR) is 138 cm³/mol. The smallest absolute Gasteiger partial charge is 0.255 e. The Morgan fingerprint density at radius 2 is 1.62 bits per heavy atom. The van der Waals surface area contributed by atoms with E-state index in [4.69, 9.17) is 4.74 Å². The Balaban J connectivity index is 1.87. The van der Waals surface area contributed by atoms with Crippen molar-refractivity contribution in [2.24, 2.45) is 11.8 Å². The lowest BCUT2D eigenvalue weighted by atomic mass is 10.00. The van der Waals surface area contributed by atoms with Crippen LogP contribution in [0.3, 0.4) is 0 Å². The summed E-state index contributed by atoms with van der Waals surface area (Å²) in [7, 11) is 0. The van der Waals surface area contributed by atoms with E-state index in [-0.39, 0.29) is 67.8 Å². The van der Waals surface area contributed by atoms with Gasteiger partial charge in [0.05, 0.1) is 17.7 Å². The number of rotatable bonds is 7. The van der Waals surface area contributed by atoms with Crippen molar-refractivity contribution in [3.8, 4) is 5.75 Å². The molecule has 3 rings (SSSR count). The number of β-amino-alcohol motifs (C(OH)–C–C–N with tert-alkyl or cyclic N) is 1. The van der Waals surface area contributed by atoms with Crippen LogP contribution in [0.4, 0.5) is 0 Å². The van der Waals surface area contributed by atoms with Gasteiger partial charge in [-0.2, -0.15) is 0 Å². The molecule has 1 saturated heterocycles. The standard InChI is InChI=1S/C27H40N4O6/c1-16(2)11-18-15-37-23-8-6-5-7-20(23)25(34)29-21(9-10-24(33)31-13-19(32)14-31)26(35)30-22(12-17(3)4)27(36)28-18/h5-8,16-19,21-22,32H,9-15H2,1-4H3,(H,28,36)(H,29,34)(H,30,35)/t18-,21-,22-/m0/s1. The Morgan fingerprint density at radius 1 is 0.973 bits per heavy atom. The van der Waals surface area contributed by atoms with Crippen LogP contribution in [0.15, 0.2) is 24.3 Å². The first kappa shape index (κ1) is 28.4. The van der Waals surface area contributed by atoms with E-state index in [1.165, 1.54) is 4.90 Å². The molecule has 3 atom stereocenters. The molecule has 37 heavy (non-hydrogen) atoms. The lowest BCUT2D eigenvalue weighted by Crippen LogP contribution is -2.56. The van der Waals surface area contributed by atoms with Crippen molar-refractivity contribution in [1.82, 2.24) is 20.9 Å². The second kappa shape index (κ2) is 12.9. The minimum atomic E-state index is -1.04. The first-order chi connectivity index (χ1) is 17.5. The van der Waals surface area contributed by atoms with Gasteiger partial charge in [0.25, 0.3) is 5.91 Å². The molecule has 0 aromatic heterocycles. The van der Waals surface area contributed by atoms with Gasteiger partial charge in [0.15, 0.2) is 0 Å². The predicted octanol–water partition coefficient (Wildman–Crippen LogP) is 1.22. The highest BCUT2D eigenvalue weighted by atomic mass is 16.5. The number of hydrogen-bond donors (Lipinski definition) is 4. The molecule has 2 heterocycles. The molecule has 10 heteroatoms. The number of fused-ring (bicyclic) bond motifs is 1. The van der Waals surface area contributed by atoms with Crippen molar-refractivity contribution < 1.29 is 29.0 Å². The number of nitrogens with one attached hydrogen (secondary N) is 3. The molecular formula is C27H40N4O6. The normalized spacial score (nSPS) is 23.5. The van der Waals surface area contributed by atoms with E-state index in [2.05, 4.69) is 29.8 Å². The minimum absolute atomic E-state index is 0.0146. The van der Waals surface area contributed by atoms with E-state index in [0.717, 1.165) is 0 Å². The van der Waals surface area contributed by atoms with Crippen molar-refractivity contribution in [1.29, 1.82) is 0 Å². The zero-order valence-electron chi connectivity index (χ0n) is 22.2. The summed E-state index contributed by atoms with van der Waals surface area (Å²) in [6.07, 6.45) is 0.624. The summed E-state index contributed by atoms with van der Waals surface area (Å²) in [6.45, 7) is 8.73. The van der Waals surface area contributed by atoms with Crippen molar-refractivity contribution >= 4 is 23.6 Å². The Morgan fingerprint density at radius 3 is 2.27 bits per heavy atom. The molecule has 2 aliphatic heterocycles. The number of hydrogen-bond acceptors (Lipinski definition) is 6. The van der Waals surface area contributed by atoms with Crippen molar-refractivity contribution in [2.45, 2.75) is 77.6 Å². The van der Waals surface area contributed by atoms with E-state index in [1.807, 2.05) is 13.8 Å². The lowest BCUT2D eigenvalue weighted by Gasteiger charge is -2.36. The number of nitrogens with zero attached hydrogens (tertiary/aromatic N) is 1. The molecule has 0 unspecified atom stereocenters. The van der Waals surface area contributed by atoms with Gasteiger partial charge < -0.3 is 30.7 Å². The third kappa shape index (κ3) is 8.18. The maximum absolute atomic E-state index is 13.4. The van der Waals surface area contributed by atoms with Crippen molar-refractivity contribution in [2.75, 3.05) is 19.7 Å². The summed E-state index contributed by atoms with van der Waals surface area (Å²) in [5.74, 6) is -0.762. The monoisotopic (exact) mass is 516 g/mol. The topological polar surface area (TPSA) is 137 Å². The molecule has 1 aromatic carbocycles. The summed E-state index contributed by atoms with van der Waals surface area (Å²) < 4.78 is 6.01. The van der Waals surface area contributed by atoms with Crippen LogP contribution in [-0.4, -0.2) is 77.6 Å². The van der Waals surface area contributed by atoms with E-state index in [1.54, 1.807) is 24.3 Å². The highest BCUT2D eigenvalue weighted by Crippen LogP contribution is 2.20. The van der Waals surface area contributed by atoms with Gasteiger partial charge in [-0.15, -0.1) is 0 Å². The van der Waals surface area contributed by atoms with Gasteiger partial charge in [-0.25, -0.2) is 0 Å². The van der Waals surface area contributed by atoms with Crippen LogP contribution >= 0.6 is 0 Å². The molecule has 4 amide bonds. The Kier molecular flexibility index (Phi) is 9.91. The van der Waals surface area contributed by atoms with Crippen LogP contribution < -0.4 is 20.7 Å². The third-order valence-electron chi connectivity index (χ3n) is 6.50. The summed E-state index contributed by atoms with van der Waals surface area (Å²) in [6, 6.07) is 4.61. The first-order valence-corrected chi connectivity index (χ1v) is 13.1. The van der Waals surface area contributed by atoms with Gasteiger partial charge in [0.1, 0.15) is 24.4 Å². The zero-order chi connectivity index (χ0) is 27.1. The molecule has 204 valence electrons. The minimum Gasteiger partial charge on any atom is -0.491 e. The second-order valence-electron chi connectivity index (χ2n) is 10.9. The van der Waals surface area contributed by atoms with Crippen molar-refractivity contribution in [3.63, 3.8) is 0 Å². The fraction of sp³-hybridized carbons (Fsp3) is 0.630. The van der Waals surface area contributed by atoms with E-state index < -0.39 is 30.0 Å². The average Bonchev–Trinajstić information content (AvgIpc) is 2.81. The first-order valence-electron chi connectivity index (χ1n) is 13.1. The molecule has 10 nitrogen and oxygen atoms in total. The largest absolute Gasteiger partial charge is 0.491 e. The van der Waals surface area contributed by atoms with Crippen LogP contribution in [0.2, 0.25) is 0 Å². The Labute approximate surface area is 218 Å². The zero-order valence-corrected chi connectivity index (χ0v) is 22.2. The summed E-state index contributed by atoms with van der Waals surface area (Å²) in [4.78, 5) is 53.9. The molecule has 0 aliphatic carbocycles. The number of likely N-dealkylation sites (tertiary alicyclic amines) is 1.